The van der Waals surface area contributed by atoms with Crippen molar-refractivity contribution < 1.29 is 0 Å². The van der Waals surface area contributed by atoms with Crippen LogP contribution in [0.3, 0.4) is 0 Å². The van der Waals surface area contributed by atoms with Crippen LogP contribution in [0.15, 0.2) is 22.5 Å². The van der Waals surface area contributed by atoms with Crippen molar-refractivity contribution in [2.45, 2.75) is 20.8 Å². The largest absolute Gasteiger partial charge is 0.402 e. The van der Waals surface area contributed by atoms with Crippen molar-refractivity contribution in [1.82, 2.24) is 0 Å². The van der Waals surface area contributed by atoms with Crippen LogP contribution < -0.4 is 11.5 Å². The molecule has 0 spiro atoms. The molecule has 3 heteroatoms. The van der Waals surface area contributed by atoms with Crippen molar-refractivity contribution in [3.8, 4) is 0 Å². The quantitative estimate of drug-likeness (QED) is 0.510. The molecule has 0 aliphatic heterocycles. The maximum Gasteiger partial charge on any atom is 0.0754 e. The molecule has 60 valence electrons. The van der Waals surface area contributed by atoms with Gasteiger partial charge in [0.25, 0.3) is 0 Å². The highest BCUT2D eigenvalue weighted by molar-refractivity contribution is 9.11. The zero-order valence-electron chi connectivity index (χ0n) is 6.69. The van der Waals surface area contributed by atoms with Crippen LogP contribution in [0.4, 0.5) is 0 Å². The lowest BCUT2D eigenvalue weighted by molar-refractivity contribution is 1.31. The second-order valence-corrected chi connectivity index (χ2v) is 2.38. The second-order valence-electron chi connectivity index (χ2n) is 1.46. The third kappa shape index (κ3) is 15.6. The van der Waals surface area contributed by atoms with E-state index in [0.717, 1.165) is 5.70 Å². The first-order valence-corrected chi connectivity index (χ1v) is 3.97. The van der Waals surface area contributed by atoms with Crippen molar-refractivity contribution in [2.24, 2.45) is 11.5 Å². The summed E-state index contributed by atoms with van der Waals surface area (Å²) < 4.78 is 0.585. The monoisotopic (exact) mass is 206 g/mol. The minimum atomic E-state index is 0.585. The number of nitrogens with two attached hydrogens (primary N) is 2. The van der Waals surface area contributed by atoms with E-state index >= 15 is 0 Å². The number of hydrogen-bond acceptors (Lipinski definition) is 2. The van der Waals surface area contributed by atoms with Gasteiger partial charge in [0, 0.05) is 5.70 Å². The van der Waals surface area contributed by atoms with E-state index in [1.165, 1.54) is 0 Å². The van der Waals surface area contributed by atoms with Crippen molar-refractivity contribution in [3.05, 3.63) is 22.5 Å². The summed E-state index contributed by atoms with van der Waals surface area (Å²) in [4.78, 5) is 0. The number of halogens is 1. The number of hydrogen-bond donors (Lipinski definition) is 2. The molecule has 0 amide bonds. The Bertz CT molecular complexity index is 104. The van der Waals surface area contributed by atoms with Gasteiger partial charge >= 0.3 is 0 Å². The molecule has 0 aromatic carbocycles. The average Bonchev–Trinajstić information content (AvgIpc) is 1.89. The Labute approximate surface area is 71.1 Å². The molecule has 0 aliphatic rings. The highest BCUT2D eigenvalue weighted by Crippen LogP contribution is 1.94. The molecule has 0 rings (SSSR count). The molecule has 0 radical (unpaired) electrons. The molecular formula is C7H15BrN2. The predicted octanol–water partition coefficient (Wildman–Crippen LogP) is 2.07. The zero-order chi connectivity index (χ0) is 8.57. The normalized spacial score (nSPS) is 12.0. The van der Waals surface area contributed by atoms with Crippen LogP contribution >= 0.6 is 15.9 Å². The zero-order valence-corrected chi connectivity index (χ0v) is 8.27. The minimum Gasteiger partial charge on any atom is -0.402 e. The summed E-state index contributed by atoms with van der Waals surface area (Å²) in [6, 6.07) is 0. The molecule has 0 unspecified atom stereocenters. The molecule has 10 heavy (non-hydrogen) atoms. The maximum atomic E-state index is 5.28. The third-order valence-corrected chi connectivity index (χ3v) is 0.770. The Kier molecular flexibility index (Phi) is 10.5. The van der Waals surface area contributed by atoms with Crippen LogP contribution in [0.2, 0.25) is 0 Å². The van der Waals surface area contributed by atoms with Gasteiger partial charge < -0.3 is 11.5 Å². The first-order chi connectivity index (χ1) is 4.63. The van der Waals surface area contributed by atoms with Crippen molar-refractivity contribution in [2.75, 3.05) is 0 Å². The highest BCUT2D eigenvalue weighted by atomic mass is 79.9. The van der Waals surface area contributed by atoms with Gasteiger partial charge in [-0.3, -0.25) is 0 Å². The van der Waals surface area contributed by atoms with Crippen LogP contribution in [0, 0.1) is 0 Å². The van der Waals surface area contributed by atoms with E-state index in [0.29, 0.717) is 4.61 Å². The Morgan fingerprint density at radius 1 is 1.20 bits per heavy atom. The molecule has 0 atom stereocenters. The topological polar surface area (TPSA) is 52.0 Å². The summed E-state index contributed by atoms with van der Waals surface area (Å²) >= 11 is 3.04. The average molecular weight is 207 g/mol. The lowest BCUT2D eigenvalue weighted by Crippen LogP contribution is -1.90. The lowest BCUT2D eigenvalue weighted by Gasteiger charge is -1.84. The van der Waals surface area contributed by atoms with E-state index in [2.05, 4.69) is 15.9 Å². The standard InChI is InChI=1S/C5H9BrN2.C2H6/c1-4(7)2-3-5(6)8;1-2/h2-3H,7-8H2,1H3;1-2H3/b4-2-,5-3-;. The fraction of sp³-hybridized carbons (Fsp3) is 0.429. The molecular weight excluding hydrogens is 192 g/mol. The fourth-order valence-electron chi connectivity index (χ4n) is 0.211. The lowest BCUT2D eigenvalue weighted by atomic mass is 10.4. The van der Waals surface area contributed by atoms with Gasteiger partial charge in [0.2, 0.25) is 0 Å². The number of allylic oxidation sites excluding steroid dienone is 3. The predicted molar refractivity (Wildman–Crippen MR) is 50.5 cm³/mol. The molecule has 0 fully saturated rings. The molecule has 0 aromatic rings. The van der Waals surface area contributed by atoms with Gasteiger partial charge in [-0.15, -0.1) is 0 Å². The van der Waals surface area contributed by atoms with Gasteiger partial charge in [0.1, 0.15) is 0 Å². The molecule has 2 nitrogen and oxygen atoms in total. The first-order valence-electron chi connectivity index (χ1n) is 3.18. The Balaban J connectivity index is 0. The van der Waals surface area contributed by atoms with Crippen molar-refractivity contribution in [1.29, 1.82) is 0 Å². The van der Waals surface area contributed by atoms with Crippen molar-refractivity contribution in [3.63, 3.8) is 0 Å². The van der Waals surface area contributed by atoms with Crippen molar-refractivity contribution >= 4 is 15.9 Å². The maximum absolute atomic E-state index is 5.28. The smallest absolute Gasteiger partial charge is 0.0754 e. The number of rotatable bonds is 1. The summed E-state index contributed by atoms with van der Waals surface area (Å²) in [7, 11) is 0. The third-order valence-electron chi connectivity index (χ3n) is 0.505. The van der Waals surface area contributed by atoms with E-state index < -0.39 is 0 Å². The van der Waals surface area contributed by atoms with E-state index in [1.54, 1.807) is 19.1 Å². The molecule has 4 N–H and O–H groups in total. The van der Waals surface area contributed by atoms with Crippen LogP contribution in [-0.2, 0) is 0 Å². The van der Waals surface area contributed by atoms with Crippen LogP contribution in [-0.4, -0.2) is 0 Å². The summed E-state index contributed by atoms with van der Waals surface area (Å²) in [5.74, 6) is 0. The van der Waals surface area contributed by atoms with E-state index in [4.69, 9.17) is 11.5 Å². The molecule has 0 bridgehead atoms. The van der Waals surface area contributed by atoms with E-state index in [-0.39, 0.29) is 0 Å². The second kappa shape index (κ2) is 8.56. The van der Waals surface area contributed by atoms with E-state index in [9.17, 15) is 0 Å². The Morgan fingerprint density at radius 3 is 1.70 bits per heavy atom. The van der Waals surface area contributed by atoms with Crippen LogP contribution in [0.1, 0.15) is 20.8 Å². The first kappa shape index (κ1) is 12.3. The van der Waals surface area contributed by atoms with Gasteiger partial charge in [-0.25, -0.2) is 0 Å². The highest BCUT2D eigenvalue weighted by Gasteiger charge is 1.74. The summed E-state index contributed by atoms with van der Waals surface area (Å²) in [6.45, 7) is 5.80. The van der Waals surface area contributed by atoms with Gasteiger partial charge in [-0.1, -0.05) is 13.8 Å². The van der Waals surface area contributed by atoms with Gasteiger partial charge in [0.05, 0.1) is 4.61 Å². The molecule has 0 heterocycles. The SMILES string of the molecule is C/C(N)=C/C=C(\N)Br.CC. The van der Waals surface area contributed by atoms with Gasteiger partial charge in [-0.05, 0) is 35.0 Å². The fourth-order valence-corrected chi connectivity index (χ4v) is 0.343. The van der Waals surface area contributed by atoms with Crippen LogP contribution in [0.25, 0.3) is 0 Å². The van der Waals surface area contributed by atoms with Gasteiger partial charge in [-0.2, -0.15) is 0 Å². The summed E-state index contributed by atoms with van der Waals surface area (Å²) in [5.41, 5.74) is 11.2. The molecule has 0 aromatic heterocycles. The Hall–Kier alpha value is -0.440. The molecule has 0 aliphatic carbocycles. The minimum absolute atomic E-state index is 0.585. The summed E-state index contributed by atoms with van der Waals surface area (Å²) in [5, 5.41) is 0. The van der Waals surface area contributed by atoms with Crippen LogP contribution in [0.5, 0.6) is 0 Å². The summed E-state index contributed by atoms with van der Waals surface area (Å²) in [6.07, 6.45) is 3.42. The van der Waals surface area contributed by atoms with Gasteiger partial charge in [0.15, 0.2) is 0 Å². The molecule has 0 saturated carbocycles. The molecule has 0 saturated heterocycles. The van der Waals surface area contributed by atoms with E-state index in [1.807, 2.05) is 13.8 Å². The Morgan fingerprint density at radius 2 is 1.60 bits per heavy atom.